The molecule has 44 valence electrons. The van der Waals surface area contributed by atoms with Gasteiger partial charge in [-0.2, -0.15) is 5.10 Å². The molecule has 2 nitrogen and oxygen atoms in total. The number of hydrogen-bond acceptors (Lipinski definition) is 2. The van der Waals surface area contributed by atoms with Gasteiger partial charge < -0.3 is 0 Å². The van der Waals surface area contributed by atoms with E-state index in [1.165, 1.54) is 6.20 Å². The van der Waals surface area contributed by atoms with Gasteiger partial charge in [0.1, 0.15) is 0 Å². The Balaban J connectivity index is 3.19. The molecule has 0 bridgehead atoms. The molecule has 1 N–H and O–H groups in total. The lowest BCUT2D eigenvalue weighted by Crippen LogP contribution is -1.89. The quantitative estimate of drug-likeness (QED) is 0.429. The zero-order valence-electron chi connectivity index (χ0n) is 4.96. The maximum Gasteiger partial charge on any atom is 0.0468 e. The molecule has 0 spiro atoms. The lowest BCUT2D eigenvalue weighted by Gasteiger charge is -1.80. The number of hydrazone groups is 1. The average molecular weight is 110 g/mol. The topological polar surface area (TPSA) is 24.4 Å². The van der Waals surface area contributed by atoms with Crippen molar-refractivity contribution >= 4 is 6.21 Å². The van der Waals surface area contributed by atoms with Crippen LogP contribution in [0.1, 0.15) is 6.92 Å². The molecule has 0 unspecified atom stereocenters. The Morgan fingerprint density at radius 2 is 2.38 bits per heavy atom. The highest BCUT2D eigenvalue weighted by molar-refractivity contribution is 5.70. The van der Waals surface area contributed by atoms with Gasteiger partial charge in [0.15, 0.2) is 0 Å². The Labute approximate surface area is 49.6 Å². The summed E-state index contributed by atoms with van der Waals surface area (Å²) >= 11 is 0. The van der Waals surface area contributed by atoms with Crippen molar-refractivity contribution in [3.8, 4) is 0 Å². The average Bonchev–Trinajstić information content (AvgIpc) is 1.81. The van der Waals surface area contributed by atoms with Gasteiger partial charge in [0.05, 0.1) is 0 Å². The first-order valence-electron chi connectivity index (χ1n) is 2.42. The van der Waals surface area contributed by atoms with Gasteiger partial charge >= 0.3 is 0 Å². The third kappa shape index (κ3) is 4.95. The normalized spacial score (nSPS) is 10.6. The zero-order valence-corrected chi connectivity index (χ0v) is 4.96. The maximum absolute atomic E-state index is 3.70. The fourth-order valence-corrected chi connectivity index (χ4v) is 0.225. The molecule has 0 aromatic carbocycles. The van der Waals surface area contributed by atoms with Crippen LogP contribution in [0.5, 0.6) is 0 Å². The molecule has 0 aliphatic heterocycles. The number of nitrogens with one attached hydrogen (secondary N) is 1. The Morgan fingerprint density at radius 1 is 1.62 bits per heavy atom. The second kappa shape index (κ2) is 5.95. The largest absolute Gasteiger partial charge is 0.286 e. The molecule has 8 heavy (non-hydrogen) atoms. The van der Waals surface area contributed by atoms with E-state index in [1.807, 2.05) is 19.1 Å². The van der Waals surface area contributed by atoms with E-state index in [0.717, 1.165) is 0 Å². The van der Waals surface area contributed by atoms with Crippen molar-refractivity contribution in [3.63, 3.8) is 0 Å². The van der Waals surface area contributed by atoms with Crippen molar-refractivity contribution in [1.82, 2.24) is 5.43 Å². The van der Waals surface area contributed by atoms with E-state index >= 15 is 0 Å². The number of rotatable bonds is 3. The Kier molecular flexibility index (Phi) is 5.17. The monoisotopic (exact) mass is 110 g/mol. The Hall–Kier alpha value is -1.05. The number of hydrogen-bond donors (Lipinski definition) is 1. The van der Waals surface area contributed by atoms with Gasteiger partial charge in [-0.3, -0.25) is 5.43 Å². The zero-order chi connectivity index (χ0) is 6.24. The molecule has 0 amide bonds. The Bertz CT molecular complexity index is 103. The smallest absolute Gasteiger partial charge is 0.0468 e. The summed E-state index contributed by atoms with van der Waals surface area (Å²) in [6.07, 6.45) is 6.90. The van der Waals surface area contributed by atoms with Crippen LogP contribution in [0.2, 0.25) is 0 Å². The molecule has 2 heteroatoms. The molecule has 0 aromatic heterocycles. The fourth-order valence-electron chi connectivity index (χ4n) is 0.225. The van der Waals surface area contributed by atoms with E-state index in [0.29, 0.717) is 0 Å². The number of allylic oxidation sites excluding steroid dienone is 2. The predicted molar refractivity (Wildman–Crippen MR) is 36.6 cm³/mol. The van der Waals surface area contributed by atoms with Crippen LogP contribution in [-0.4, -0.2) is 6.21 Å². The van der Waals surface area contributed by atoms with Crippen LogP contribution in [0.4, 0.5) is 0 Å². The lowest BCUT2D eigenvalue weighted by molar-refractivity contribution is 0.981. The number of nitrogens with zero attached hydrogens (tertiary/aromatic N) is 1. The fraction of sp³-hybridized carbons (Fsp3) is 0.167. The van der Waals surface area contributed by atoms with Crippen LogP contribution in [0, 0.1) is 0 Å². The van der Waals surface area contributed by atoms with Crippen molar-refractivity contribution in [2.45, 2.75) is 6.92 Å². The van der Waals surface area contributed by atoms with Crippen molar-refractivity contribution < 1.29 is 0 Å². The van der Waals surface area contributed by atoms with Gasteiger partial charge in [-0.1, -0.05) is 12.7 Å². The maximum atomic E-state index is 3.70. The van der Waals surface area contributed by atoms with Crippen molar-refractivity contribution in [3.05, 3.63) is 24.9 Å². The molecule has 0 aliphatic carbocycles. The van der Waals surface area contributed by atoms with Gasteiger partial charge in [-0.05, 0) is 13.0 Å². The summed E-state index contributed by atoms with van der Waals surface area (Å²) in [5.74, 6) is 0. The van der Waals surface area contributed by atoms with E-state index in [1.54, 1.807) is 6.21 Å². The highest BCUT2D eigenvalue weighted by atomic mass is 15.3. The summed E-state index contributed by atoms with van der Waals surface area (Å²) in [7, 11) is 0. The minimum atomic E-state index is 1.51. The van der Waals surface area contributed by atoms with E-state index in [-0.39, 0.29) is 0 Å². The minimum Gasteiger partial charge on any atom is -0.286 e. The molecule has 0 atom stereocenters. The van der Waals surface area contributed by atoms with Crippen LogP contribution in [0.15, 0.2) is 30.0 Å². The second-order valence-electron chi connectivity index (χ2n) is 1.14. The summed E-state index contributed by atoms with van der Waals surface area (Å²) in [6.45, 7) is 5.34. The molecule has 0 saturated carbocycles. The third-order valence-electron chi connectivity index (χ3n) is 0.519. The summed E-state index contributed by atoms with van der Waals surface area (Å²) in [6, 6.07) is 0. The first-order valence-corrected chi connectivity index (χ1v) is 2.42. The van der Waals surface area contributed by atoms with E-state index in [4.69, 9.17) is 0 Å². The van der Waals surface area contributed by atoms with Crippen LogP contribution in [0.3, 0.4) is 0 Å². The first-order chi connectivity index (χ1) is 3.91. The summed E-state index contributed by atoms with van der Waals surface area (Å²) in [5.41, 5.74) is 2.57. The van der Waals surface area contributed by atoms with Crippen LogP contribution >= 0.6 is 0 Å². The van der Waals surface area contributed by atoms with E-state index in [2.05, 4.69) is 17.1 Å². The molecule has 0 aromatic rings. The third-order valence-corrected chi connectivity index (χ3v) is 0.519. The molecular formula is C6H10N2. The first kappa shape index (κ1) is 6.95. The van der Waals surface area contributed by atoms with Crippen LogP contribution in [-0.2, 0) is 0 Å². The molecule has 0 heterocycles. The molecule has 0 saturated heterocycles. The standard InChI is InChI=1S/C6H10N2/c1-3-5-6-8-7-4-2/h3-7H,2H2,1H3/b5-3-,8-6+. The lowest BCUT2D eigenvalue weighted by atomic mass is 10.6. The summed E-state index contributed by atoms with van der Waals surface area (Å²) in [5, 5.41) is 3.70. The van der Waals surface area contributed by atoms with Gasteiger partial charge in [0.25, 0.3) is 0 Å². The molecule has 0 fully saturated rings. The van der Waals surface area contributed by atoms with Crippen molar-refractivity contribution in [2.24, 2.45) is 5.10 Å². The van der Waals surface area contributed by atoms with Gasteiger partial charge in [-0.15, -0.1) is 0 Å². The van der Waals surface area contributed by atoms with E-state index < -0.39 is 0 Å². The van der Waals surface area contributed by atoms with Crippen molar-refractivity contribution in [1.29, 1.82) is 0 Å². The molecule has 0 radical (unpaired) electrons. The van der Waals surface area contributed by atoms with E-state index in [9.17, 15) is 0 Å². The highest BCUT2D eigenvalue weighted by Gasteiger charge is 1.57. The summed E-state index contributed by atoms with van der Waals surface area (Å²) in [4.78, 5) is 0. The van der Waals surface area contributed by atoms with Gasteiger partial charge in [0.2, 0.25) is 0 Å². The van der Waals surface area contributed by atoms with Crippen molar-refractivity contribution in [2.75, 3.05) is 0 Å². The molecule has 0 aliphatic rings. The predicted octanol–water partition coefficient (Wildman–Crippen LogP) is 1.28. The molecule has 0 rings (SSSR count). The van der Waals surface area contributed by atoms with Crippen LogP contribution in [0.25, 0.3) is 0 Å². The highest BCUT2D eigenvalue weighted by Crippen LogP contribution is 1.62. The van der Waals surface area contributed by atoms with Crippen LogP contribution < -0.4 is 5.43 Å². The Morgan fingerprint density at radius 3 is 2.88 bits per heavy atom. The summed E-state index contributed by atoms with van der Waals surface area (Å²) < 4.78 is 0. The SMILES string of the molecule is C=CN/N=C/C=C\C. The molecular weight excluding hydrogens is 100 g/mol. The van der Waals surface area contributed by atoms with Gasteiger partial charge in [0, 0.05) is 12.4 Å². The second-order valence-corrected chi connectivity index (χ2v) is 1.14. The van der Waals surface area contributed by atoms with Gasteiger partial charge in [-0.25, -0.2) is 0 Å². The minimum absolute atomic E-state index is 1.51.